The van der Waals surface area contributed by atoms with Gasteiger partial charge in [0, 0.05) is 29.4 Å². The molecule has 0 radical (unpaired) electrons. The molecule has 0 bridgehead atoms. The van der Waals surface area contributed by atoms with Gasteiger partial charge in [0.1, 0.15) is 0 Å². The Kier molecular flexibility index (Phi) is 8.26. The summed E-state index contributed by atoms with van der Waals surface area (Å²) in [7, 11) is 1.28. The molecule has 0 fully saturated rings. The maximum absolute atomic E-state index is 14.0. The minimum absolute atomic E-state index is 0.0125. The van der Waals surface area contributed by atoms with Crippen LogP contribution in [-0.2, 0) is 15.7 Å². The fraction of sp³-hybridized carbons (Fsp3) is 0.185. The predicted octanol–water partition coefficient (Wildman–Crippen LogP) is 7.36. The summed E-state index contributed by atoms with van der Waals surface area (Å²) in [6.07, 6.45) is -3.08. The highest BCUT2D eigenvalue weighted by molar-refractivity contribution is 7.94. The lowest BCUT2D eigenvalue weighted by Gasteiger charge is -2.15. The van der Waals surface area contributed by atoms with Gasteiger partial charge in [-0.1, -0.05) is 47.6 Å². The lowest BCUT2D eigenvalue weighted by molar-refractivity contribution is -0.140. The van der Waals surface area contributed by atoms with Crippen molar-refractivity contribution < 1.29 is 31.1 Å². The number of ether oxygens (including phenoxy) is 1. The second kappa shape index (κ2) is 11.6. The van der Waals surface area contributed by atoms with Crippen LogP contribution in [0.3, 0.4) is 0 Å². The minimum Gasteiger partial charge on any atom is -0.469 e. The first-order valence-corrected chi connectivity index (χ1v) is 12.0. The molecule has 4 aromatic rings. The Bertz CT molecular complexity index is 1480. The Balaban J connectivity index is 1.62. The first-order valence-electron chi connectivity index (χ1n) is 11.3. The van der Waals surface area contributed by atoms with Crippen LogP contribution in [0.2, 0.25) is 0 Å². The van der Waals surface area contributed by atoms with Crippen LogP contribution in [-0.4, -0.2) is 36.0 Å². The van der Waals surface area contributed by atoms with Crippen molar-refractivity contribution in [1.29, 1.82) is 0 Å². The van der Waals surface area contributed by atoms with Gasteiger partial charge in [0.15, 0.2) is 0 Å². The number of halogens is 4. The second-order valence-corrected chi connectivity index (χ2v) is 8.78. The molecule has 0 amide bonds. The first kappa shape index (κ1) is 27.1. The Labute approximate surface area is 220 Å². The average Bonchev–Trinajstić information content (AvgIpc) is 3.41. The summed E-state index contributed by atoms with van der Waals surface area (Å²) < 4.78 is 65.4. The highest BCUT2D eigenvalue weighted by atomic mass is 32.2. The molecule has 0 aliphatic rings. The van der Waals surface area contributed by atoms with E-state index in [1.54, 1.807) is 43.3 Å². The summed E-state index contributed by atoms with van der Waals surface area (Å²) in [5, 5.41) is 3.87. The molecule has 0 saturated carbocycles. The van der Waals surface area contributed by atoms with Crippen LogP contribution >= 0.6 is 12.1 Å². The number of hydrogen-bond donors (Lipinski definition) is 0. The zero-order valence-electron chi connectivity index (χ0n) is 20.3. The van der Waals surface area contributed by atoms with Gasteiger partial charge in [0.2, 0.25) is 5.82 Å². The van der Waals surface area contributed by atoms with Gasteiger partial charge >= 0.3 is 12.1 Å². The van der Waals surface area contributed by atoms with E-state index < -0.39 is 17.7 Å². The number of aryl methyl sites for hydroxylation is 1. The van der Waals surface area contributed by atoms with E-state index in [0.717, 1.165) is 6.07 Å². The van der Waals surface area contributed by atoms with E-state index in [4.69, 9.17) is 4.52 Å². The molecular formula is C27H21F4N3O3S. The number of benzene rings is 3. The van der Waals surface area contributed by atoms with Crippen LogP contribution in [0.5, 0.6) is 0 Å². The molecule has 0 aliphatic heterocycles. The van der Waals surface area contributed by atoms with Gasteiger partial charge in [-0.3, -0.25) is 9.79 Å². The van der Waals surface area contributed by atoms with Gasteiger partial charge < -0.3 is 9.26 Å². The van der Waals surface area contributed by atoms with Crippen molar-refractivity contribution in [2.75, 3.05) is 13.7 Å². The fourth-order valence-corrected chi connectivity index (χ4v) is 4.13. The zero-order valence-corrected chi connectivity index (χ0v) is 21.1. The van der Waals surface area contributed by atoms with E-state index in [-0.39, 0.29) is 52.9 Å². The lowest BCUT2D eigenvalue weighted by atomic mass is 9.94. The summed E-state index contributed by atoms with van der Waals surface area (Å²) in [6, 6.07) is 15.4. The molecule has 0 N–H and O–H groups in total. The third-order valence-corrected chi connectivity index (χ3v) is 6.21. The quantitative estimate of drug-likeness (QED) is 0.131. The number of carbonyl (C=O) groups excluding carboxylic acids is 1. The number of rotatable bonds is 8. The maximum Gasteiger partial charge on any atom is 0.417 e. The van der Waals surface area contributed by atoms with E-state index in [9.17, 15) is 21.9 Å². The molecule has 0 atom stereocenters. The number of alkyl halides is 3. The Morgan fingerprint density at radius 3 is 2.55 bits per heavy atom. The molecule has 0 spiro atoms. The summed E-state index contributed by atoms with van der Waals surface area (Å²) in [4.78, 5) is 19.7. The predicted molar refractivity (Wildman–Crippen MR) is 136 cm³/mol. The van der Waals surface area contributed by atoms with Gasteiger partial charge in [-0.15, -0.1) is 0 Å². The van der Waals surface area contributed by atoms with Crippen molar-refractivity contribution in [2.45, 2.75) is 24.4 Å². The number of esters is 1. The van der Waals surface area contributed by atoms with Crippen LogP contribution < -0.4 is 0 Å². The number of nitrogens with zero attached hydrogens (tertiary/aromatic N) is 3. The molecule has 38 heavy (non-hydrogen) atoms. The Hall–Kier alpha value is -3.99. The van der Waals surface area contributed by atoms with Crippen LogP contribution in [0.4, 0.5) is 17.1 Å². The van der Waals surface area contributed by atoms with E-state index in [1.165, 1.54) is 31.5 Å². The third-order valence-electron chi connectivity index (χ3n) is 5.69. The highest BCUT2D eigenvalue weighted by Gasteiger charge is 2.34. The molecule has 4 rings (SSSR count). The summed E-state index contributed by atoms with van der Waals surface area (Å²) >= 11 is -0.0125. The molecule has 1 aromatic heterocycles. The summed E-state index contributed by atoms with van der Waals surface area (Å²) in [5.74, 6) is -0.427. The van der Waals surface area contributed by atoms with E-state index >= 15 is 0 Å². The van der Waals surface area contributed by atoms with Crippen LogP contribution in [0, 0.1) is 6.92 Å². The van der Waals surface area contributed by atoms with Crippen molar-refractivity contribution in [3.63, 3.8) is 0 Å². The molecule has 11 heteroatoms. The smallest absolute Gasteiger partial charge is 0.417 e. The van der Waals surface area contributed by atoms with Gasteiger partial charge in [0.25, 0.3) is 5.89 Å². The number of methoxy groups -OCH3 is 1. The van der Waals surface area contributed by atoms with Gasteiger partial charge in [-0.2, -0.15) is 22.0 Å². The Morgan fingerprint density at radius 1 is 1.08 bits per heavy atom. The molecular weight excluding hydrogens is 522 g/mol. The van der Waals surface area contributed by atoms with Gasteiger partial charge in [-0.25, -0.2) is 0 Å². The highest BCUT2D eigenvalue weighted by Crippen LogP contribution is 2.40. The number of aromatic nitrogens is 2. The third kappa shape index (κ3) is 6.10. The zero-order chi connectivity index (χ0) is 27.3. The molecule has 6 nitrogen and oxygen atoms in total. The largest absolute Gasteiger partial charge is 0.469 e. The number of hydrogen-bond acceptors (Lipinski definition) is 7. The fourth-order valence-electron chi connectivity index (χ4n) is 3.75. The maximum atomic E-state index is 14.0. The van der Waals surface area contributed by atoms with Crippen molar-refractivity contribution in [3.05, 3.63) is 77.4 Å². The molecule has 3 aromatic carbocycles. The van der Waals surface area contributed by atoms with Crippen LogP contribution in [0.25, 0.3) is 34.0 Å². The molecule has 196 valence electrons. The minimum atomic E-state index is -4.61. The molecule has 0 saturated heterocycles. The van der Waals surface area contributed by atoms with Crippen molar-refractivity contribution >= 4 is 24.3 Å². The standard InChI is InChI=1S/C27H21F4N3O3S/c1-16-5-3-4-6-20(16)21-10-9-18(13-22(21)27(28,29)30)26-33-25(34-37-26)17-7-8-19(23(14-17)38-31)15-32-12-11-24(35)36-2/h3-10,13-15H,11-12H2,1-2H3. The lowest BCUT2D eigenvalue weighted by Crippen LogP contribution is -2.08. The van der Waals surface area contributed by atoms with Gasteiger partial charge in [0.05, 0.1) is 36.1 Å². The first-order chi connectivity index (χ1) is 18.2. The van der Waals surface area contributed by atoms with Crippen LogP contribution in [0.1, 0.15) is 23.1 Å². The number of aliphatic imine (C=N–C) groups is 1. The van der Waals surface area contributed by atoms with E-state index in [0.29, 0.717) is 22.3 Å². The van der Waals surface area contributed by atoms with Crippen molar-refractivity contribution in [2.24, 2.45) is 4.99 Å². The topological polar surface area (TPSA) is 77.6 Å². The molecule has 1 heterocycles. The summed E-state index contributed by atoms with van der Waals surface area (Å²) in [5.41, 5.74) is 1.38. The summed E-state index contributed by atoms with van der Waals surface area (Å²) in [6.45, 7) is 1.93. The normalized spacial score (nSPS) is 11.7. The second-order valence-electron chi connectivity index (χ2n) is 8.19. The molecule has 0 unspecified atom stereocenters. The van der Waals surface area contributed by atoms with Crippen molar-refractivity contribution in [3.8, 4) is 34.0 Å². The van der Waals surface area contributed by atoms with Crippen molar-refractivity contribution in [1.82, 2.24) is 10.1 Å². The molecule has 0 aliphatic carbocycles. The Morgan fingerprint density at radius 2 is 1.84 bits per heavy atom. The van der Waals surface area contributed by atoms with Gasteiger partial charge in [-0.05, 0) is 41.8 Å². The SMILES string of the molecule is COC(=O)CCN=Cc1ccc(-c2noc(-c3ccc(-c4ccccc4C)c(C(F)(F)F)c3)n2)cc1SF. The van der Waals surface area contributed by atoms with E-state index in [2.05, 4.69) is 19.9 Å². The monoisotopic (exact) mass is 543 g/mol. The van der Waals surface area contributed by atoms with Crippen LogP contribution in [0.15, 0.2) is 75.1 Å². The average molecular weight is 544 g/mol. The van der Waals surface area contributed by atoms with E-state index in [1.807, 2.05) is 0 Å². The number of carbonyl (C=O) groups is 1.